The molecule has 0 atom stereocenters. The van der Waals surface area contributed by atoms with Crippen LogP contribution in [-0.4, -0.2) is 26.6 Å². The van der Waals surface area contributed by atoms with Crippen molar-refractivity contribution >= 4 is 34.1 Å². The van der Waals surface area contributed by atoms with Crippen LogP contribution in [0.2, 0.25) is 0 Å². The van der Waals surface area contributed by atoms with Crippen molar-refractivity contribution in [1.29, 1.82) is 0 Å². The van der Waals surface area contributed by atoms with E-state index in [1.807, 2.05) is 25.1 Å². The van der Waals surface area contributed by atoms with Crippen LogP contribution in [-0.2, 0) is 4.79 Å². The lowest BCUT2D eigenvalue weighted by Crippen LogP contribution is -1.95. The maximum absolute atomic E-state index is 13.8. The van der Waals surface area contributed by atoms with Crippen molar-refractivity contribution in [2.24, 2.45) is 0 Å². The van der Waals surface area contributed by atoms with Crippen molar-refractivity contribution in [2.45, 2.75) is 13.3 Å². The van der Waals surface area contributed by atoms with Gasteiger partial charge in [-0.1, -0.05) is 6.07 Å². The lowest BCUT2D eigenvalue weighted by atomic mass is 10.00. The molecule has 146 valence electrons. The summed E-state index contributed by atoms with van der Waals surface area (Å²) in [6, 6.07) is 8.21. The Hall–Kier alpha value is -2.79. The second-order valence-electron chi connectivity index (χ2n) is 6.34. The number of benzene rings is 2. The highest BCUT2D eigenvalue weighted by molar-refractivity contribution is 6.64. The topological polar surface area (TPSA) is 44.8 Å². The van der Waals surface area contributed by atoms with Crippen molar-refractivity contribution in [1.82, 2.24) is 0 Å². The van der Waals surface area contributed by atoms with E-state index in [1.54, 1.807) is 27.4 Å². The van der Waals surface area contributed by atoms with E-state index in [-0.39, 0.29) is 12.2 Å². The maximum atomic E-state index is 13.8. The highest BCUT2D eigenvalue weighted by Gasteiger charge is 2.25. The summed E-state index contributed by atoms with van der Waals surface area (Å²) in [5.41, 5.74) is 4.84. The van der Waals surface area contributed by atoms with Gasteiger partial charge in [0.25, 0.3) is 0 Å². The molecule has 0 N–H and O–H groups in total. The molecule has 0 bridgehead atoms. The molecule has 0 spiro atoms. The van der Waals surface area contributed by atoms with Crippen LogP contribution in [0.1, 0.15) is 30.0 Å². The summed E-state index contributed by atoms with van der Waals surface area (Å²) < 4.78 is 30.0. The minimum absolute atomic E-state index is 0.0381. The summed E-state index contributed by atoms with van der Waals surface area (Å²) in [4.78, 5) is 11.5. The Kier molecular flexibility index (Phi) is 5.75. The number of ether oxygens (including phenoxy) is 3. The predicted molar refractivity (Wildman–Crippen MR) is 108 cm³/mol. The number of halogens is 2. The molecule has 28 heavy (non-hydrogen) atoms. The number of hydrogen-bond acceptors (Lipinski definition) is 4. The largest absolute Gasteiger partial charge is 0.493 e. The van der Waals surface area contributed by atoms with Gasteiger partial charge in [0, 0.05) is 6.42 Å². The maximum Gasteiger partial charge on any atom is 0.226 e. The number of allylic oxidation sites excluding steroid dienone is 3. The summed E-state index contributed by atoms with van der Waals surface area (Å²) >= 11 is 5.62. The van der Waals surface area contributed by atoms with Gasteiger partial charge in [0.05, 0.1) is 21.3 Å². The van der Waals surface area contributed by atoms with E-state index in [9.17, 15) is 9.18 Å². The minimum Gasteiger partial charge on any atom is -0.493 e. The van der Waals surface area contributed by atoms with Gasteiger partial charge in [0.2, 0.25) is 11.0 Å². The van der Waals surface area contributed by atoms with Crippen LogP contribution in [0.4, 0.5) is 4.39 Å². The van der Waals surface area contributed by atoms with E-state index in [2.05, 4.69) is 0 Å². The average Bonchev–Trinajstić information content (AvgIpc) is 2.91. The molecule has 3 rings (SSSR count). The molecule has 0 heterocycles. The molecule has 0 saturated carbocycles. The van der Waals surface area contributed by atoms with Crippen molar-refractivity contribution in [3.63, 3.8) is 0 Å². The third-order valence-corrected chi connectivity index (χ3v) is 4.90. The van der Waals surface area contributed by atoms with Gasteiger partial charge in [-0.05, 0) is 82.3 Å². The number of carbonyl (C=O) groups is 1. The van der Waals surface area contributed by atoms with Gasteiger partial charge in [-0.15, -0.1) is 0 Å². The Morgan fingerprint density at radius 1 is 1.04 bits per heavy atom. The SMILES string of the molecule is COc1cc(/C=C2\C(C)=C(CC(=O)Cl)c3cc(F)ccc32)cc(OC)c1OC. The molecular weight excluding hydrogens is 383 g/mol. The normalized spacial score (nSPS) is 14.3. The fraction of sp³-hybridized carbons (Fsp3) is 0.227. The molecule has 4 nitrogen and oxygen atoms in total. The first kappa shape index (κ1) is 20.0. The molecule has 0 fully saturated rings. The van der Waals surface area contributed by atoms with Crippen LogP contribution in [0.15, 0.2) is 35.9 Å². The molecule has 0 aliphatic heterocycles. The van der Waals surface area contributed by atoms with Crippen LogP contribution < -0.4 is 14.2 Å². The summed E-state index contributed by atoms with van der Waals surface area (Å²) in [6.07, 6.45) is 1.98. The molecule has 0 unspecified atom stereocenters. The molecular formula is C22H20ClFO4. The first-order valence-electron chi connectivity index (χ1n) is 8.60. The Balaban J connectivity index is 2.19. The van der Waals surface area contributed by atoms with Gasteiger partial charge in [0.1, 0.15) is 5.82 Å². The van der Waals surface area contributed by atoms with Crippen molar-refractivity contribution in [3.05, 3.63) is 58.4 Å². The van der Waals surface area contributed by atoms with Gasteiger partial charge < -0.3 is 14.2 Å². The van der Waals surface area contributed by atoms with Gasteiger partial charge in [-0.2, -0.15) is 0 Å². The van der Waals surface area contributed by atoms with E-state index in [4.69, 9.17) is 25.8 Å². The lowest BCUT2D eigenvalue weighted by molar-refractivity contribution is -0.110. The van der Waals surface area contributed by atoms with Gasteiger partial charge in [0.15, 0.2) is 11.5 Å². The Morgan fingerprint density at radius 3 is 2.21 bits per heavy atom. The van der Waals surface area contributed by atoms with E-state index in [0.717, 1.165) is 27.8 Å². The van der Waals surface area contributed by atoms with E-state index >= 15 is 0 Å². The standard InChI is InChI=1S/C22H20ClFO4/c1-12-16(7-13-8-19(26-2)22(28-4)20(9-13)27-3)15-6-5-14(24)10-18(15)17(12)11-21(23)25/h5-10H,11H2,1-4H3/b16-7+. The van der Waals surface area contributed by atoms with Crippen molar-refractivity contribution < 1.29 is 23.4 Å². The third-order valence-electron chi connectivity index (χ3n) is 4.77. The molecule has 1 aliphatic rings. The first-order chi connectivity index (χ1) is 13.4. The number of hydrogen-bond donors (Lipinski definition) is 0. The Morgan fingerprint density at radius 2 is 1.68 bits per heavy atom. The summed E-state index contributed by atoms with van der Waals surface area (Å²) in [6.45, 7) is 1.90. The number of methoxy groups -OCH3 is 3. The second kappa shape index (κ2) is 8.07. The van der Waals surface area contributed by atoms with E-state index < -0.39 is 5.24 Å². The molecule has 0 aromatic heterocycles. The van der Waals surface area contributed by atoms with Crippen LogP contribution in [0, 0.1) is 5.82 Å². The van der Waals surface area contributed by atoms with Crippen LogP contribution in [0.3, 0.4) is 0 Å². The van der Waals surface area contributed by atoms with Crippen molar-refractivity contribution in [3.8, 4) is 17.2 Å². The van der Waals surface area contributed by atoms with Crippen LogP contribution in [0.25, 0.3) is 17.2 Å². The number of fused-ring (bicyclic) bond motifs is 1. The van der Waals surface area contributed by atoms with Crippen LogP contribution >= 0.6 is 11.6 Å². The lowest BCUT2D eigenvalue weighted by Gasteiger charge is -2.13. The molecule has 0 saturated heterocycles. The predicted octanol–water partition coefficient (Wildman–Crippen LogP) is 5.33. The van der Waals surface area contributed by atoms with Crippen LogP contribution in [0.5, 0.6) is 17.2 Å². The number of carbonyl (C=O) groups excluding carboxylic acids is 1. The van der Waals surface area contributed by atoms with E-state index in [1.165, 1.54) is 12.1 Å². The first-order valence-corrected chi connectivity index (χ1v) is 8.97. The Labute approximate surface area is 168 Å². The molecule has 2 aromatic rings. The zero-order valence-corrected chi connectivity index (χ0v) is 16.8. The summed E-state index contributed by atoms with van der Waals surface area (Å²) in [5, 5.41) is -0.487. The molecule has 0 radical (unpaired) electrons. The average molecular weight is 403 g/mol. The highest BCUT2D eigenvalue weighted by atomic mass is 35.5. The zero-order valence-electron chi connectivity index (χ0n) is 16.1. The highest BCUT2D eigenvalue weighted by Crippen LogP contribution is 2.45. The smallest absolute Gasteiger partial charge is 0.226 e. The van der Waals surface area contributed by atoms with Gasteiger partial charge in [-0.25, -0.2) is 4.39 Å². The second-order valence-corrected chi connectivity index (χ2v) is 6.76. The van der Waals surface area contributed by atoms with Crippen molar-refractivity contribution in [2.75, 3.05) is 21.3 Å². The monoisotopic (exact) mass is 402 g/mol. The molecule has 1 aliphatic carbocycles. The molecule has 0 amide bonds. The Bertz CT molecular complexity index is 983. The number of rotatable bonds is 6. The fourth-order valence-corrected chi connectivity index (χ4v) is 3.61. The quantitative estimate of drug-likeness (QED) is 0.612. The summed E-state index contributed by atoms with van der Waals surface area (Å²) in [7, 11) is 4.65. The fourth-order valence-electron chi connectivity index (χ4n) is 3.47. The molecule has 6 heteroatoms. The third kappa shape index (κ3) is 3.62. The van der Waals surface area contributed by atoms with Gasteiger partial charge >= 0.3 is 0 Å². The van der Waals surface area contributed by atoms with E-state index in [0.29, 0.717) is 22.8 Å². The zero-order chi connectivity index (χ0) is 20.4. The minimum atomic E-state index is -0.487. The van der Waals surface area contributed by atoms with Gasteiger partial charge in [-0.3, -0.25) is 4.79 Å². The molecule has 2 aromatic carbocycles. The summed E-state index contributed by atoms with van der Waals surface area (Å²) in [5.74, 6) is 1.20.